The van der Waals surface area contributed by atoms with Gasteiger partial charge >= 0.3 is 0 Å². The van der Waals surface area contributed by atoms with Crippen LogP contribution in [0.5, 0.6) is 0 Å². The van der Waals surface area contributed by atoms with Crippen molar-refractivity contribution in [3.05, 3.63) is 66.2 Å². The fraction of sp³-hybridized carbons (Fsp3) is 0.158. The monoisotopic (exact) mass is 340 g/mol. The third-order valence-corrected chi connectivity index (χ3v) is 3.85. The fourth-order valence-electron chi connectivity index (χ4n) is 2.66. The highest BCUT2D eigenvalue weighted by Crippen LogP contribution is 2.28. The molecule has 0 fully saturated rings. The molecule has 1 aromatic carbocycles. The number of hydrogen-bond donors (Lipinski definition) is 1. The van der Waals surface area contributed by atoms with Gasteiger partial charge in [-0.25, -0.2) is 4.39 Å². The van der Waals surface area contributed by atoms with Crippen LogP contribution in [-0.2, 0) is 9.53 Å². The number of Topliss-reactive ketones (excluding diaryl/α,β-unsaturated/α-hetero) is 1. The number of rotatable bonds is 6. The summed E-state index contributed by atoms with van der Waals surface area (Å²) in [5, 5.41) is 2.54. The number of hydrogen-bond acceptors (Lipinski definition) is 3. The molecule has 0 bridgehead atoms. The number of nitrogens with zero attached hydrogens (tertiary/aromatic N) is 1. The summed E-state index contributed by atoms with van der Waals surface area (Å²) in [5.74, 6) is -1.72. The number of fused-ring (bicyclic) bond motifs is 1. The van der Waals surface area contributed by atoms with Gasteiger partial charge in [0, 0.05) is 30.9 Å². The Labute approximate surface area is 144 Å². The van der Waals surface area contributed by atoms with Crippen LogP contribution in [-0.4, -0.2) is 36.4 Å². The first-order chi connectivity index (χ1) is 12.1. The molecule has 6 heteroatoms. The number of nitrogens with one attached hydrogen (secondary N) is 1. The summed E-state index contributed by atoms with van der Waals surface area (Å²) < 4.78 is 19.8. The predicted molar refractivity (Wildman–Crippen MR) is 92.0 cm³/mol. The van der Waals surface area contributed by atoms with Crippen molar-refractivity contribution >= 4 is 17.2 Å². The van der Waals surface area contributed by atoms with E-state index in [0.29, 0.717) is 17.7 Å². The van der Waals surface area contributed by atoms with Crippen LogP contribution in [0, 0.1) is 5.82 Å². The molecule has 3 rings (SSSR count). The van der Waals surface area contributed by atoms with E-state index >= 15 is 0 Å². The highest BCUT2D eigenvalue weighted by molar-refractivity contribution is 6.43. The van der Waals surface area contributed by atoms with Gasteiger partial charge in [0.2, 0.25) is 0 Å². The van der Waals surface area contributed by atoms with E-state index in [-0.39, 0.29) is 18.1 Å². The Bertz CT molecular complexity index is 916. The van der Waals surface area contributed by atoms with E-state index in [2.05, 4.69) is 5.32 Å². The van der Waals surface area contributed by atoms with Crippen LogP contribution < -0.4 is 5.32 Å². The molecule has 2 aromatic heterocycles. The van der Waals surface area contributed by atoms with Crippen molar-refractivity contribution < 1.29 is 18.7 Å². The molecular formula is C19H17FN2O3. The summed E-state index contributed by atoms with van der Waals surface area (Å²) >= 11 is 0. The second-order valence-corrected chi connectivity index (χ2v) is 5.49. The van der Waals surface area contributed by atoms with E-state index in [0.717, 1.165) is 5.52 Å². The normalized spacial score (nSPS) is 10.8. The lowest BCUT2D eigenvalue weighted by Gasteiger charge is -2.07. The Hall–Kier alpha value is -2.99. The van der Waals surface area contributed by atoms with Crippen LogP contribution in [0.1, 0.15) is 10.5 Å². The molecule has 0 unspecified atom stereocenters. The second kappa shape index (κ2) is 7.27. The summed E-state index contributed by atoms with van der Waals surface area (Å²) in [7, 11) is 1.52. The average molecular weight is 340 g/mol. The Balaban J connectivity index is 2.06. The average Bonchev–Trinajstić information content (AvgIpc) is 3.01. The second-order valence-electron chi connectivity index (χ2n) is 5.49. The molecule has 1 N–H and O–H groups in total. The fourth-order valence-corrected chi connectivity index (χ4v) is 2.66. The van der Waals surface area contributed by atoms with Gasteiger partial charge in [-0.05, 0) is 35.9 Å². The number of benzene rings is 1. The van der Waals surface area contributed by atoms with Crippen LogP contribution in [0.3, 0.4) is 0 Å². The molecule has 0 saturated carbocycles. The summed E-state index contributed by atoms with van der Waals surface area (Å²) in [4.78, 5) is 24.9. The smallest absolute Gasteiger partial charge is 0.294 e. The van der Waals surface area contributed by atoms with Gasteiger partial charge in [0.1, 0.15) is 11.5 Å². The van der Waals surface area contributed by atoms with E-state index in [1.54, 1.807) is 28.8 Å². The van der Waals surface area contributed by atoms with E-state index in [9.17, 15) is 14.0 Å². The van der Waals surface area contributed by atoms with E-state index in [1.165, 1.54) is 19.2 Å². The number of halogens is 1. The minimum Gasteiger partial charge on any atom is -0.383 e. The molecule has 1 amide bonds. The quantitative estimate of drug-likeness (QED) is 0.426. The lowest BCUT2D eigenvalue weighted by atomic mass is 10.0. The zero-order chi connectivity index (χ0) is 17.8. The highest BCUT2D eigenvalue weighted by atomic mass is 19.1. The van der Waals surface area contributed by atoms with Gasteiger partial charge in [-0.1, -0.05) is 18.2 Å². The molecule has 5 nitrogen and oxygen atoms in total. The van der Waals surface area contributed by atoms with Crippen molar-refractivity contribution in [2.45, 2.75) is 0 Å². The third kappa shape index (κ3) is 3.44. The van der Waals surface area contributed by atoms with Crippen molar-refractivity contribution in [3.8, 4) is 11.1 Å². The Morgan fingerprint density at radius 3 is 2.64 bits per heavy atom. The van der Waals surface area contributed by atoms with E-state index < -0.39 is 11.7 Å². The van der Waals surface area contributed by atoms with Gasteiger partial charge in [-0.15, -0.1) is 0 Å². The first-order valence-corrected chi connectivity index (χ1v) is 7.79. The Morgan fingerprint density at radius 2 is 1.92 bits per heavy atom. The molecule has 0 radical (unpaired) electrons. The number of pyridine rings is 1. The summed E-state index contributed by atoms with van der Waals surface area (Å²) in [6.07, 6.45) is 1.72. The molecule has 2 heterocycles. The SMILES string of the molecule is COCCNC(=O)C(=O)c1c(-c2ccc(F)cc2)cc2ccccn12. The maximum atomic E-state index is 13.2. The van der Waals surface area contributed by atoms with Crippen molar-refractivity contribution in [2.24, 2.45) is 0 Å². The van der Waals surface area contributed by atoms with Gasteiger partial charge in [0.05, 0.1) is 6.61 Å². The molecule has 0 aliphatic heterocycles. The van der Waals surface area contributed by atoms with Gasteiger partial charge in [0.25, 0.3) is 11.7 Å². The van der Waals surface area contributed by atoms with Crippen LogP contribution in [0.2, 0.25) is 0 Å². The molecule has 25 heavy (non-hydrogen) atoms. The third-order valence-electron chi connectivity index (χ3n) is 3.85. The van der Waals surface area contributed by atoms with E-state index in [1.807, 2.05) is 18.2 Å². The van der Waals surface area contributed by atoms with Crippen molar-refractivity contribution in [1.82, 2.24) is 9.72 Å². The Kier molecular flexibility index (Phi) is 4.90. The molecule has 0 spiro atoms. The predicted octanol–water partition coefficient (Wildman–Crippen LogP) is 2.69. The van der Waals surface area contributed by atoms with Crippen LogP contribution in [0.15, 0.2) is 54.7 Å². The lowest BCUT2D eigenvalue weighted by molar-refractivity contribution is -0.117. The minimum atomic E-state index is -0.704. The first-order valence-electron chi connectivity index (χ1n) is 7.79. The molecule has 0 atom stereocenters. The molecule has 128 valence electrons. The molecule has 0 saturated heterocycles. The van der Waals surface area contributed by atoms with Crippen molar-refractivity contribution in [2.75, 3.05) is 20.3 Å². The number of carbonyl (C=O) groups excluding carboxylic acids is 2. The summed E-state index contributed by atoms with van der Waals surface area (Å²) in [5.41, 5.74) is 2.27. The largest absolute Gasteiger partial charge is 0.383 e. The molecule has 0 aliphatic rings. The Morgan fingerprint density at radius 1 is 1.16 bits per heavy atom. The lowest BCUT2D eigenvalue weighted by Crippen LogP contribution is -2.34. The van der Waals surface area contributed by atoms with Gasteiger partial charge in [-0.2, -0.15) is 0 Å². The zero-order valence-corrected chi connectivity index (χ0v) is 13.7. The maximum absolute atomic E-state index is 13.2. The number of amides is 1. The number of aromatic nitrogens is 1. The van der Waals surface area contributed by atoms with Gasteiger partial charge in [-0.3, -0.25) is 9.59 Å². The number of ether oxygens (including phenoxy) is 1. The topological polar surface area (TPSA) is 59.8 Å². The highest BCUT2D eigenvalue weighted by Gasteiger charge is 2.24. The summed E-state index contributed by atoms with van der Waals surface area (Å²) in [6, 6.07) is 13.1. The van der Waals surface area contributed by atoms with Gasteiger partial charge in [0.15, 0.2) is 0 Å². The molecular weight excluding hydrogens is 323 g/mol. The van der Waals surface area contributed by atoms with E-state index in [4.69, 9.17) is 4.74 Å². The minimum absolute atomic E-state index is 0.246. The van der Waals surface area contributed by atoms with Crippen molar-refractivity contribution in [1.29, 1.82) is 0 Å². The van der Waals surface area contributed by atoms with Crippen LogP contribution in [0.25, 0.3) is 16.6 Å². The zero-order valence-electron chi connectivity index (χ0n) is 13.7. The van der Waals surface area contributed by atoms with Crippen molar-refractivity contribution in [3.63, 3.8) is 0 Å². The number of carbonyl (C=O) groups is 2. The molecule has 0 aliphatic carbocycles. The maximum Gasteiger partial charge on any atom is 0.294 e. The number of ketones is 1. The van der Waals surface area contributed by atoms with Gasteiger partial charge < -0.3 is 14.5 Å². The van der Waals surface area contributed by atoms with Crippen LogP contribution >= 0.6 is 0 Å². The summed E-state index contributed by atoms with van der Waals surface area (Å²) in [6.45, 7) is 0.564. The van der Waals surface area contributed by atoms with Crippen LogP contribution in [0.4, 0.5) is 4.39 Å². The first kappa shape index (κ1) is 16.9. The standard InChI is InChI=1S/C19H17FN2O3/c1-25-11-9-21-19(24)18(23)17-16(13-5-7-14(20)8-6-13)12-15-4-2-3-10-22(15)17/h2-8,10,12H,9,11H2,1H3,(H,21,24). The number of methoxy groups -OCH3 is 1. The molecule has 3 aromatic rings.